The average Bonchev–Trinajstić information content (AvgIpc) is 3.08. The summed E-state index contributed by atoms with van der Waals surface area (Å²) < 4.78 is 5.79. The van der Waals surface area contributed by atoms with E-state index in [0.29, 0.717) is 34.4 Å². The van der Waals surface area contributed by atoms with Crippen LogP contribution in [-0.2, 0) is 16.1 Å². The number of ether oxygens (including phenoxy) is 1. The molecular formula is C28H27ClN2O4. The highest BCUT2D eigenvalue weighted by molar-refractivity contribution is 6.46. The number of hydrogen-bond donors (Lipinski definition) is 1. The third-order valence-electron chi connectivity index (χ3n) is 5.84. The molecule has 0 bridgehead atoms. The van der Waals surface area contributed by atoms with E-state index in [0.717, 1.165) is 11.1 Å². The minimum absolute atomic E-state index is 0.0418. The minimum atomic E-state index is -0.774. The van der Waals surface area contributed by atoms with E-state index in [1.165, 1.54) is 4.90 Å². The Bertz CT molecular complexity index is 1270. The van der Waals surface area contributed by atoms with E-state index in [-0.39, 0.29) is 17.9 Å². The standard InChI is InChI=1S/C28H27ClN2O4/c1-17(2)16-35-22-10-11-23(18(3)13-22)26(32)24-25(20-6-8-21(29)9-7-20)31(28(34)27(24)33)15-19-5-4-12-30-14-19/h4-14,17,25,32H,15-16H2,1-3H3/t25-/m0/s1. The van der Waals surface area contributed by atoms with Crippen LogP contribution >= 0.6 is 11.6 Å². The first-order valence-electron chi connectivity index (χ1n) is 11.4. The van der Waals surface area contributed by atoms with Gasteiger partial charge in [-0.2, -0.15) is 0 Å². The molecule has 1 atom stereocenters. The van der Waals surface area contributed by atoms with Crippen molar-refractivity contribution in [2.45, 2.75) is 33.4 Å². The number of hydrogen-bond acceptors (Lipinski definition) is 5. The summed E-state index contributed by atoms with van der Waals surface area (Å²) in [5.41, 5.74) is 2.70. The van der Waals surface area contributed by atoms with E-state index in [2.05, 4.69) is 18.8 Å². The molecule has 0 aliphatic carbocycles. The largest absolute Gasteiger partial charge is 0.507 e. The molecule has 1 N–H and O–H groups in total. The Morgan fingerprint density at radius 1 is 1.14 bits per heavy atom. The van der Waals surface area contributed by atoms with Gasteiger partial charge in [-0.15, -0.1) is 0 Å². The SMILES string of the molecule is Cc1cc(OCC(C)C)ccc1C(O)=C1C(=O)C(=O)N(Cc2cccnc2)[C@H]1c1ccc(Cl)cc1. The molecule has 0 spiro atoms. The van der Waals surface area contributed by atoms with Crippen molar-refractivity contribution in [1.82, 2.24) is 9.88 Å². The molecule has 1 fully saturated rings. The van der Waals surface area contributed by atoms with Crippen molar-refractivity contribution in [3.8, 4) is 5.75 Å². The Labute approximate surface area is 209 Å². The molecule has 1 aromatic heterocycles. The summed E-state index contributed by atoms with van der Waals surface area (Å²) in [6.07, 6.45) is 3.30. The van der Waals surface area contributed by atoms with Crippen LogP contribution < -0.4 is 4.74 Å². The van der Waals surface area contributed by atoms with Crippen molar-refractivity contribution < 1.29 is 19.4 Å². The van der Waals surface area contributed by atoms with E-state index in [1.54, 1.807) is 54.9 Å². The van der Waals surface area contributed by atoms with Crippen LogP contribution in [0.3, 0.4) is 0 Å². The maximum Gasteiger partial charge on any atom is 0.295 e. The van der Waals surface area contributed by atoms with Gasteiger partial charge in [0.2, 0.25) is 0 Å². The number of halogens is 1. The zero-order valence-corrected chi connectivity index (χ0v) is 20.6. The number of pyridine rings is 1. The lowest BCUT2D eigenvalue weighted by molar-refractivity contribution is -0.140. The minimum Gasteiger partial charge on any atom is -0.507 e. The number of carbonyl (C=O) groups excluding carboxylic acids is 2. The van der Waals surface area contributed by atoms with Crippen LogP contribution in [0.2, 0.25) is 5.02 Å². The Hall–Kier alpha value is -3.64. The molecule has 7 heteroatoms. The van der Waals surface area contributed by atoms with Gasteiger partial charge in [-0.05, 0) is 65.9 Å². The first-order chi connectivity index (χ1) is 16.8. The quantitative estimate of drug-likeness (QED) is 0.261. The first-order valence-corrected chi connectivity index (χ1v) is 11.8. The fourth-order valence-electron chi connectivity index (χ4n) is 4.12. The summed E-state index contributed by atoms with van der Waals surface area (Å²) in [5, 5.41) is 11.9. The van der Waals surface area contributed by atoms with Gasteiger partial charge >= 0.3 is 0 Å². The highest BCUT2D eigenvalue weighted by Crippen LogP contribution is 2.41. The number of aliphatic hydroxyl groups excluding tert-OH is 1. The molecule has 4 rings (SSSR count). The lowest BCUT2D eigenvalue weighted by atomic mass is 9.94. The van der Waals surface area contributed by atoms with E-state index in [9.17, 15) is 14.7 Å². The van der Waals surface area contributed by atoms with E-state index >= 15 is 0 Å². The summed E-state index contributed by atoms with van der Waals surface area (Å²) in [7, 11) is 0. The van der Waals surface area contributed by atoms with Crippen LogP contribution in [0, 0.1) is 12.8 Å². The fraction of sp³-hybridized carbons (Fsp3) is 0.250. The van der Waals surface area contributed by atoms with Crippen molar-refractivity contribution in [3.05, 3.63) is 99.8 Å². The number of likely N-dealkylation sites (tertiary alicyclic amines) is 1. The Morgan fingerprint density at radius 3 is 2.51 bits per heavy atom. The summed E-state index contributed by atoms with van der Waals surface area (Å²) in [6, 6.07) is 15.1. The van der Waals surface area contributed by atoms with Gasteiger partial charge < -0.3 is 14.7 Å². The van der Waals surface area contributed by atoms with Crippen molar-refractivity contribution >= 4 is 29.1 Å². The smallest absolute Gasteiger partial charge is 0.295 e. The number of carbonyl (C=O) groups is 2. The lowest BCUT2D eigenvalue weighted by Crippen LogP contribution is -2.29. The van der Waals surface area contributed by atoms with Crippen LogP contribution in [0.15, 0.2) is 72.6 Å². The molecule has 0 radical (unpaired) electrons. The van der Waals surface area contributed by atoms with Crippen molar-refractivity contribution in [3.63, 3.8) is 0 Å². The highest BCUT2D eigenvalue weighted by atomic mass is 35.5. The second-order valence-corrected chi connectivity index (χ2v) is 9.46. The Kier molecular flexibility index (Phi) is 7.22. The van der Waals surface area contributed by atoms with Crippen LogP contribution in [0.1, 0.15) is 42.1 Å². The average molecular weight is 491 g/mol. The van der Waals surface area contributed by atoms with E-state index in [4.69, 9.17) is 16.3 Å². The molecule has 180 valence electrons. The molecule has 6 nitrogen and oxygen atoms in total. The molecule has 0 saturated carbocycles. The summed E-state index contributed by atoms with van der Waals surface area (Å²) in [5.74, 6) is -0.571. The number of Topliss-reactive ketones (excluding diaryl/α,β-unsaturated/α-hetero) is 1. The number of aryl methyl sites for hydroxylation is 1. The summed E-state index contributed by atoms with van der Waals surface area (Å²) in [4.78, 5) is 32.0. The monoisotopic (exact) mass is 490 g/mol. The molecule has 0 unspecified atom stereocenters. The Morgan fingerprint density at radius 2 is 1.89 bits per heavy atom. The number of rotatable bonds is 7. The maximum atomic E-state index is 13.3. The van der Waals surface area contributed by atoms with E-state index in [1.807, 2.05) is 19.1 Å². The zero-order valence-electron chi connectivity index (χ0n) is 19.9. The fourth-order valence-corrected chi connectivity index (χ4v) is 4.25. The zero-order chi connectivity index (χ0) is 25.1. The second kappa shape index (κ2) is 10.3. The van der Waals surface area contributed by atoms with Crippen molar-refractivity contribution in [2.24, 2.45) is 5.92 Å². The predicted octanol–water partition coefficient (Wildman–Crippen LogP) is 5.70. The Balaban J connectivity index is 1.79. The van der Waals surface area contributed by atoms with Gasteiger partial charge in [0.25, 0.3) is 11.7 Å². The van der Waals surface area contributed by atoms with Gasteiger partial charge in [0, 0.05) is 29.5 Å². The maximum absolute atomic E-state index is 13.3. The molecule has 35 heavy (non-hydrogen) atoms. The molecule has 2 heterocycles. The van der Waals surface area contributed by atoms with Gasteiger partial charge in [-0.1, -0.05) is 43.6 Å². The molecule has 3 aromatic rings. The van der Waals surface area contributed by atoms with Crippen LogP contribution in [0.25, 0.3) is 5.76 Å². The second-order valence-electron chi connectivity index (χ2n) is 9.02. The van der Waals surface area contributed by atoms with Gasteiger partial charge in [-0.25, -0.2) is 0 Å². The molecule has 1 aliphatic heterocycles. The predicted molar refractivity (Wildman–Crippen MR) is 135 cm³/mol. The normalized spacial score (nSPS) is 17.3. The first kappa shape index (κ1) is 24.5. The summed E-state index contributed by atoms with van der Waals surface area (Å²) >= 11 is 6.09. The number of aromatic nitrogens is 1. The number of amides is 1. The molecule has 2 aromatic carbocycles. The highest BCUT2D eigenvalue weighted by Gasteiger charge is 2.46. The summed E-state index contributed by atoms with van der Waals surface area (Å²) in [6.45, 7) is 6.70. The molecule has 1 saturated heterocycles. The van der Waals surface area contributed by atoms with Crippen LogP contribution in [-0.4, -0.2) is 33.3 Å². The van der Waals surface area contributed by atoms with Crippen molar-refractivity contribution in [1.29, 1.82) is 0 Å². The lowest BCUT2D eigenvalue weighted by Gasteiger charge is -2.25. The molecular weight excluding hydrogens is 464 g/mol. The topological polar surface area (TPSA) is 79.7 Å². The number of aliphatic hydroxyl groups is 1. The van der Waals surface area contributed by atoms with E-state index < -0.39 is 17.7 Å². The van der Waals surface area contributed by atoms with Gasteiger partial charge in [0.05, 0.1) is 18.2 Å². The van der Waals surface area contributed by atoms with Crippen molar-refractivity contribution in [2.75, 3.05) is 6.61 Å². The third kappa shape index (κ3) is 5.23. The molecule has 1 amide bonds. The van der Waals surface area contributed by atoms with Gasteiger partial charge in [0.1, 0.15) is 11.5 Å². The van der Waals surface area contributed by atoms with Gasteiger partial charge in [0.15, 0.2) is 0 Å². The molecule has 1 aliphatic rings. The third-order valence-corrected chi connectivity index (χ3v) is 6.09. The van der Waals surface area contributed by atoms with Crippen LogP contribution in [0.4, 0.5) is 0 Å². The number of benzene rings is 2. The number of nitrogens with zero attached hydrogens (tertiary/aromatic N) is 2. The van der Waals surface area contributed by atoms with Crippen LogP contribution in [0.5, 0.6) is 5.75 Å². The van der Waals surface area contributed by atoms with Gasteiger partial charge in [-0.3, -0.25) is 14.6 Å². The number of ketones is 1.